The van der Waals surface area contributed by atoms with E-state index in [1.165, 1.54) is 12.5 Å². The van der Waals surface area contributed by atoms with Gasteiger partial charge >= 0.3 is 11.9 Å². The van der Waals surface area contributed by atoms with E-state index in [-0.39, 0.29) is 5.57 Å². The Morgan fingerprint density at radius 2 is 1.52 bits per heavy atom. The Bertz CT molecular complexity index is 576. The molecule has 4 heteroatoms. The van der Waals surface area contributed by atoms with Crippen molar-refractivity contribution in [2.45, 2.75) is 59.2 Å². The van der Waals surface area contributed by atoms with Gasteiger partial charge in [0.25, 0.3) is 0 Å². The van der Waals surface area contributed by atoms with Crippen molar-refractivity contribution in [2.24, 2.45) is 0 Å². The van der Waals surface area contributed by atoms with Crippen molar-refractivity contribution >= 4 is 11.9 Å². The van der Waals surface area contributed by atoms with Crippen LogP contribution in [0.15, 0.2) is 36.4 Å². The molecule has 0 aliphatic rings. The van der Waals surface area contributed by atoms with Gasteiger partial charge in [-0.1, -0.05) is 44.7 Å². The van der Waals surface area contributed by atoms with Crippen LogP contribution in [0.3, 0.4) is 0 Å². The third-order valence-electron chi connectivity index (χ3n) is 3.17. The zero-order valence-corrected chi connectivity index (χ0v) is 14.8. The molecule has 1 unspecified atom stereocenters. The van der Waals surface area contributed by atoms with Crippen LogP contribution in [-0.2, 0) is 19.1 Å². The quantitative estimate of drug-likeness (QED) is 0.599. The molecule has 0 radical (unpaired) electrons. The second-order valence-electron chi connectivity index (χ2n) is 6.84. The predicted molar refractivity (Wildman–Crippen MR) is 90.0 cm³/mol. The summed E-state index contributed by atoms with van der Waals surface area (Å²) in [5, 5.41) is 0. The van der Waals surface area contributed by atoms with E-state index in [9.17, 15) is 9.59 Å². The molecule has 0 heterocycles. The number of hydrogen-bond acceptors (Lipinski definition) is 4. The number of ether oxygens (including phenoxy) is 2. The van der Waals surface area contributed by atoms with Crippen LogP contribution in [0.4, 0.5) is 0 Å². The molecular formula is C19H26O4. The second kappa shape index (κ2) is 7.44. The van der Waals surface area contributed by atoms with Gasteiger partial charge in [-0.3, -0.25) is 4.79 Å². The zero-order chi connectivity index (χ0) is 17.8. The third-order valence-corrected chi connectivity index (χ3v) is 3.17. The van der Waals surface area contributed by atoms with E-state index < -0.39 is 23.6 Å². The highest BCUT2D eigenvalue weighted by molar-refractivity contribution is 5.90. The Balaban J connectivity index is 3.06. The average molecular weight is 318 g/mol. The lowest BCUT2D eigenvalue weighted by Gasteiger charge is -2.24. The van der Waals surface area contributed by atoms with Gasteiger partial charge in [-0.25, -0.2) is 4.79 Å². The third kappa shape index (κ3) is 5.89. The number of carbonyl (C=O) groups is 2. The fourth-order valence-corrected chi connectivity index (χ4v) is 2.01. The van der Waals surface area contributed by atoms with E-state index in [1.807, 2.05) is 24.3 Å². The zero-order valence-electron chi connectivity index (χ0n) is 14.8. The maximum atomic E-state index is 12.2. The van der Waals surface area contributed by atoms with Crippen molar-refractivity contribution in [2.75, 3.05) is 0 Å². The molecular weight excluding hydrogens is 292 g/mol. The van der Waals surface area contributed by atoms with Gasteiger partial charge in [-0.05, 0) is 37.8 Å². The highest BCUT2D eigenvalue weighted by atomic mass is 16.6. The van der Waals surface area contributed by atoms with Crippen LogP contribution in [0, 0.1) is 0 Å². The lowest BCUT2D eigenvalue weighted by atomic mass is 9.97. The molecule has 1 atom stereocenters. The number of benzene rings is 1. The van der Waals surface area contributed by atoms with E-state index in [2.05, 4.69) is 20.4 Å². The summed E-state index contributed by atoms with van der Waals surface area (Å²) in [6.45, 7) is 14.6. The van der Waals surface area contributed by atoms with Crippen molar-refractivity contribution in [3.63, 3.8) is 0 Å². The van der Waals surface area contributed by atoms with Crippen LogP contribution >= 0.6 is 0 Å². The SMILES string of the molecule is C=C(C(=O)OC(C)(C)C)C(OC(C)=O)c1ccc(C(C)C)cc1. The molecule has 0 aliphatic carbocycles. The Morgan fingerprint density at radius 1 is 1.04 bits per heavy atom. The summed E-state index contributed by atoms with van der Waals surface area (Å²) >= 11 is 0. The van der Waals surface area contributed by atoms with E-state index in [1.54, 1.807) is 20.8 Å². The van der Waals surface area contributed by atoms with Crippen LogP contribution in [-0.4, -0.2) is 17.5 Å². The summed E-state index contributed by atoms with van der Waals surface area (Å²) in [4.78, 5) is 23.6. The minimum absolute atomic E-state index is 0.104. The molecule has 0 spiro atoms. The van der Waals surface area contributed by atoms with Gasteiger partial charge in [0, 0.05) is 6.92 Å². The molecule has 0 saturated carbocycles. The highest BCUT2D eigenvalue weighted by Gasteiger charge is 2.28. The molecule has 0 aromatic heterocycles. The topological polar surface area (TPSA) is 52.6 Å². The molecule has 1 aromatic rings. The first-order valence-electron chi connectivity index (χ1n) is 7.70. The Labute approximate surface area is 138 Å². The fourth-order valence-electron chi connectivity index (χ4n) is 2.01. The van der Waals surface area contributed by atoms with Crippen LogP contribution in [0.25, 0.3) is 0 Å². The summed E-state index contributed by atoms with van der Waals surface area (Å²) in [5.41, 5.74) is 1.33. The Hall–Kier alpha value is -2.10. The van der Waals surface area contributed by atoms with Gasteiger partial charge in [-0.15, -0.1) is 0 Å². The number of hydrogen-bond donors (Lipinski definition) is 0. The summed E-state index contributed by atoms with van der Waals surface area (Å²) in [5.74, 6) is -0.658. The van der Waals surface area contributed by atoms with Crippen LogP contribution in [0.2, 0.25) is 0 Å². The average Bonchev–Trinajstić information content (AvgIpc) is 2.42. The number of rotatable bonds is 5. The van der Waals surface area contributed by atoms with Gasteiger partial charge < -0.3 is 9.47 Å². The van der Waals surface area contributed by atoms with Gasteiger partial charge in [-0.2, -0.15) is 0 Å². The van der Waals surface area contributed by atoms with E-state index in [0.717, 1.165) is 0 Å². The molecule has 0 fully saturated rings. The summed E-state index contributed by atoms with van der Waals surface area (Å²) < 4.78 is 10.6. The first-order chi connectivity index (χ1) is 10.5. The van der Waals surface area contributed by atoms with Gasteiger partial charge in [0.05, 0.1) is 5.57 Å². The standard InChI is InChI=1S/C19H26O4/c1-12(2)15-8-10-16(11-9-15)17(22-14(4)20)13(3)18(21)23-19(5,6)7/h8-12,17H,3H2,1-2,4-7H3. The first-order valence-corrected chi connectivity index (χ1v) is 7.70. The maximum Gasteiger partial charge on any atom is 0.338 e. The predicted octanol–water partition coefficient (Wildman–Crippen LogP) is 4.31. The summed E-state index contributed by atoms with van der Waals surface area (Å²) in [6.07, 6.45) is -0.844. The summed E-state index contributed by atoms with van der Waals surface area (Å²) in [7, 11) is 0. The van der Waals surface area contributed by atoms with E-state index in [0.29, 0.717) is 11.5 Å². The molecule has 0 amide bonds. The minimum Gasteiger partial charge on any atom is -0.457 e. The van der Waals surface area contributed by atoms with Gasteiger partial charge in [0.15, 0.2) is 6.10 Å². The minimum atomic E-state index is -0.844. The smallest absolute Gasteiger partial charge is 0.338 e. The lowest BCUT2D eigenvalue weighted by Crippen LogP contribution is -2.27. The van der Waals surface area contributed by atoms with Crippen molar-refractivity contribution in [1.82, 2.24) is 0 Å². The van der Waals surface area contributed by atoms with Crippen LogP contribution in [0.5, 0.6) is 0 Å². The molecule has 0 saturated heterocycles. The molecule has 126 valence electrons. The molecule has 0 aliphatic heterocycles. The Kier molecular flexibility index (Phi) is 6.13. The van der Waals surface area contributed by atoms with Crippen molar-refractivity contribution in [3.8, 4) is 0 Å². The summed E-state index contributed by atoms with van der Waals surface area (Å²) in [6, 6.07) is 7.61. The van der Waals surface area contributed by atoms with Crippen molar-refractivity contribution in [1.29, 1.82) is 0 Å². The molecule has 4 nitrogen and oxygen atoms in total. The second-order valence-corrected chi connectivity index (χ2v) is 6.84. The van der Waals surface area contributed by atoms with E-state index in [4.69, 9.17) is 9.47 Å². The van der Waals surface area contributed by atoms with Crippen molar-refractivity contribution in [3.05, 3.63) is 47.5 Å². The lowest BCUT2D eigenvalue weighted by molar-refractivity contribution is -0.153. The van der Waals surface area contributed by atoms with Crippen LogP contribution < -0.4 is 0 Å². The number of carbonyl (C=O) groups excluding carboxylic acids is 2. The highest BCUT2D eigenvalue weighted by Crippen LogP contribution is 2.28. The molecule has 1 aromatic carbocycles. The normalized spacial score (nSPS) is 12.7. The van der Waals surface area contributed by atoms with Gasteiger partial charge in [0.2, 0.25) is 0 Å². The van der Waals surface area contributed by atoms with Crippen LogP contribution in [0.1, 0.15) is 64.7 Å². The monoisotopic (exact) mass is 318 g/mol. The molecule has 1 rings (SSSR count). The first kappa shape index (κ1) is 18.9. The van der Waals surface area contributed by atoms with Crippen molar-refractivity contribution < 1.29 is 19.1 Å². The largest absolute Gasteiger partial charge is 0.457 e. The maximum absolute atomic E-state index is 12.2. The van der Waals surface area contributed by atoms with E-state index >= 15 is 0 Å². The molecule has 23 heavy (non-hydrogen) atoms. The van der Waals surface area contributed by atoms with Gasteiger partial charge in [0.1, 0.15) is 5.60 Å². The molecule has 0 N–H and O–H groups in total. The fraction of sp³-hybridized carbons (Fsp3) is 0.474. The number of esters is 2. The molecule has 0 bridgehead atoms. The Morgan fingerprint density at radius 3 is 1.91 bits per heavy atom.